The normalized spacial score (nSPS) is 13.8. The molecule has 3 atom stereocenters. The summed E-state index contributed by atoms with van der Waals surface area (Å²) in [7, 11) is 0. The van der Waals surface area contributed by atoms with Crippen LogP contribution < -0.4 is 5.32 Å². The Morgan fingerprint density at radius 2 is 0.811 bits per heavy atom. The maximum absolute atomic E-state index is 12.4. The van der Waals surface area contributed by atoms with E-state index in [1.165, 1.54) is 161 Å². The minimum Gasteiger partial charge on any atom is -0.394 e. The summed E-state index contributed by atoms with van der Waals surface area (Å²) in [6, 6.07) is -0.830. The summed E-state index contributed by atoms with van der Waals surface area (Å²) in [4.78, 5) is 12.4. The van der Waals surface area contributed by atoms with E-state index in [1.54, 1.807) is 0 Å². The number of hydrogen-bond acceptors (Lipinski definition) is 4. The summed E-state index contributed by atoms with van der Waals surface area (Å²) < 4.78 is 0. The average molecular weight is 746 g/mol. The Balaban J connectivity index is 3.52. The lowest BCUT2D eigenvalue weighted by atomic mass is 10.0. The van der Waals surface area contributed by atoms with Gasteiger partial charge in [0.15, 0.2) is 0 Å². The lowest BCUT2D eigenvalue weighted by Gasteiger charge is -2.26. The number of nitrogens with one attached hydrogen (secondary N) is 1. The van der Waals surface area contributed by atoms with Crippen molar-refractivity contribution in [1.82, 2.24) is 5.32 Å². The third-order valence-corrected chi connectivity index (χ3v) is 10.7. The predicted octanol–water partition coefficient (Wildman–Crippen LogP) is 13.5. The van der Waals surface area contributed by atoms with E-state index in [9.17, 15) is 20.1 Å². The van der Waals surface area contributed by atoms with Gasteiger partial charge < -0.3 is 20.6 Å². The van der Waals surface area contributed by atoms with Crippen LogP contribution in [0.3, 0.4) is 0 Å². The van der Waals surface area contributed by atoms with Gasteiger partial charge in [0.05, 0.1) is 18.8 Å². The summed E-state index contributed by atoms with van der Waals surface area (Å²) in [5, 5.41) is 33.3. The Morgan fingerprint density at radius 3 is 1.23 bits per heavy atom. The highest BCUT2D eigenvalue weighted by molar-refractivity contribution is 5.76. The number of carbonyl (C=O) groups excluding carboxylic acids is 1. The molecule has 0 aliphatic carbocycles. The largest absolute Gasteiger partial charge is 0.394 e. The Bertz CT molecular complexity index is 824. The molecule has 5 heteroatoms. The van der Waals surface area contributed by atoms with E-state index < -0.39 is 18.2 Å². The second-order valence-electron chi connectivity index (χ2n) is 15.9. The molecule has 0 heterocycles. The molecule has 53 heavy (non-hydrogen) atoms. The van der Waals surface area contributed by atoms with E-state index in [1.807, 2.05) is 0 Å². The van der Waals surface area contributed by atoms with Crippen molar-refractivity contribution < 1.29 is 20.1 Å². The third kappa shape index (κ3) is 38.6. The zero-order valence-corrected chi connectivity index (χ0v) is 35.4. The molecule has 0 aromatic heterocycles. The molecule has 4 N–H and O–H groups in total. The summed E-state index contributed by atoms with van der Waals surface area (Å²) in [5.41, 5.74) is 0. The number of unbranched alkanes of at least 4 members (excludes halogenated alkanes) is 28. The quantitative estimate of drug-likeness (QED) is 0.0370. The zero-order valence-electron chi connectivity index (χ0n) is 35.4. The van der Waals surface area contributed by atoms with Crippen molar-refractivity contribution in [3.8, 4) is 0 Å². The van der Waals surface area contributed by atoms with Crippen LogP contribution in [-0.4, -0.2) is 46.1 Å². The monoisotopic (exact) mass is 746 g/mol. The van der Waals surface area contributed by atoms with E-state index in [2.05, 4.69) is 55.6 Å². The summed E-state index contributed by atoms with van der Waals surface area (Å²) >= 11 is 0. The Labute approximate surface area is 330 Å². The first-order chi connectivity index (χ1) is 26.1. The maximum atomic E-state index is 12.4. The second-order valence-corrected chi connectivity index (χ2v) is 15.9. The van der Waals surface area contributed by atoms with Crippen molar-refractivity contribution in [2.24, 2.45) is 0 Å². The number of aliphatic hydroxyl groups excluding tert-OH is 3. The number of amides is 1. The molecule has 0 saturated carbocycles. The van der Waals surface area contributed by atoms with Crippen LogP contribution in [0.15, 0.2) is 36.5 Å². The maximum Gasteiger partial charge on any atom is 0.220 e. The van der Waals surface area contributed by atoms with Crippen molar-refractivity contribution in [2.75, 3.05) is 6.61 Å². The van der Waals surface area contributed by atoms with Gasteiger partial charge in [0, 0.05) is 6.42 Å². The Kier molecular flexibility index (Phi) is 42.1. The standard InChI is InChI=1S/C48H91NO4/c1-3-5-7-9-11-13-15-16-17-18-19-20-21-22-23-24-25-26-27-28-29-30-31-32-33-35-37-39-41-43-47(52)49-45(44-50)48(53)46(51)42-40-38-36-34-14-12-10-8-6-4-2/h8,10,22-23,34,36,45-46,48,50-51,53H,3-7,9,11-21,24-33,35,37-44H2,1-2H3,(H,49,52)/b10-8+,23-22-,36-34+. The highest BCUT2D eigenvalue weighted by Crippen LogP contribution is 2.16. The lowest BCUT2D eigenvalue weighted by Crippen LogP contribution is -2.50. The van der Waals surface area contributed by atoms with Crippen molar-refractivity contribution in [3.63, 3.8) is 0 Å². The minimum absolute atomic E-state index is 0.160. The molecule has 0 aliphatic rings. The minimum atomic E-state index is -1.16. The first-order valence-electron chi connectivity index (χ1n) is 23.3. The number of aliphatic hydroxyl groups is 3. The van der Waals surface area contributed by atoms with E-state index in [-0.39, 0.29) is 12.5 Å². The fourth-order valence-electron chi connectivity index (χ4n) is 7.06. The highest BCUT2D eigenvalue weighted by Gasteiger charge is 2.26. The van der Waals surface area contributed by atoms with E-state index >= 15 is 0 Å². The summed E-state index contributed by atoms with van der Waals surface area (Å²) in [6.45, 7) is 4.09. The van der Waals surface area contributed by atoms with Crippen molar-refractivity contribution >= 4 is 5.91 Å². The van der Waals surface area contributed by atoms with Crippen LogP contribution >= 0.6 is 0 Å². The average Bonchev–Trinajstić information content (AvgIpc) is 3.16. The smallest absolute Gasteiger partial charge is 0.220 e. The molecule has 0 aliphatic heterocycles. The Morgan fingerprint density at radius 1 is 0.453 bits per heavy atom. The van der Waals surface area contributed by atoms with E-state index in [0.29, 0.717) is 12.8 Å². The van der Waals surface area contributed by atoms with Gasteiger partial charge in [0.25, 0.3) is 0 Å². The first-order valence-corrected chi connectivity index (χ1v) is 23.3. The molecule has 0 bridgehead atoms. The first kappa shape index (κ1) is 51.6. The predicted molar refractivity (Wildman–Crippen MR) is 231 cm³/mol. The van der Waals surface area contributed by atoms with Crippen LogP contribution in [-0.2, 0) is 4.79 Å². The summed E-state index contributed by atoms with van der Waals surface area (Å²) in [5.74, 6) is -0.160. The van der Waals surface area contributed by atoms with Gasteiger partial charge in [0.1, 0.15) is 6.10 Å². The van der Waals surface area contributed by atoms with Crippen LogP contribution in [0.25, 0.3) is 0 Å². The molecule has 0 fully saturated rings. The number of carbonyl (C=O) groups is 1. The topological polar surface area (TPSA) is 89.8 Å². The van der Waals surface area contributed by atoms with Gasteiger partial charge in [0.2, 0.25) is 5.91 Å². The van der Waals surface area contributed by atoms with Gasteiger partial charge in [-0.1, -0.05) is 198 Å². The molecule has 1 amide bonds. The lowest BCUT2D eigenvalue weighted by molar-refractivity contribution is -0.124. The SMILES string of the molecule is CCC/C=C/CC/C=C/CCCC(O)C(O)C(CO)NC(=O)CCCCCCCCCCCCCCC/C=C\CCCCCCCCCCCCCC. The number of rotatable bonds is 42. The molecular formula is C48H91NO4. The molecule has 0 aromatic rings. The third-order valence-electron chi connectivity index (χ3n) is 10.7. The zero-order chi connectivity index (χ0) is 38.7. The molecule has 0 saturated heterocycles. The van der Waals surface area contributed by atoms with Gasteiger partial charge in [-0.05, 0) is 70.6 Å². The second kappa shape index (κ2) is 43.3. The molecular weight excluding hydrogens is 655 g/mol. The van der Waals surface area contributed by atoms with Crippen LogP contribution in [0.1, 0.15) is 239 Å². The van der Waals surface area contributed by atoms with E-state index in [4.69, 9.17) is 0 Å². The molecule has 0 radical (unpaired) electrons. The highest BCUT2D eigenvalue weighted by atomic mass is 16.3. The molecule has 0 rings (SSSR count). The van der Waals surface area contributed by atoms with Gasteiger partial charge in [-0.3, -0.25) is 4.79 Å². The number of allylic oxidation sites excluding steroid dienone is 6. The molecule has 3 unspecified atom stereocenters. The fourth-order valence-corrected chi connectivity index (χ4v) is 7.06. The number of hydrogen-bond donors (Lipinski definition) is 4. The van der Waals surface area contributed by atoms with Gasteiger partial charge in [-0.25, -0.2) is 0 Å². The molecule has 312 valence electrons. The van der Waals surface area contributed by atoms with Gasteiger partial charge >= 0.3 is 0 Å². The molecule has 5 nitrogen and oxygen atoms in total. The fraction of sp³-hybridized carbons (Fsp3) is 0.854. The van der Waals surface area contributed by atoms with Crippen LogP contribution in [0, 0.1) is 0 Å². The van der Waals surface area contributed by atoms with Crippen LogP contribution in [0.2, 0.25) is 0 Å². The van der Waals surface area contributed by atoms with Crippen molar-refractivity contribution in [2.45, 2.75) is 257 Å². The van der Waals surface area contributed by atoms with Gasteiger partial charge in [-0.15, -0.1) is 0 Å². The Hall–Kier alpha value is -1.43. The molecule has 0 spiro atoms. The summed E-state index contributed by atoms with van der Waals surface area (Å²) in [6.07, 6.45) is 54.3. The van der Waals surface area contributed by atoms with Gasteiger partial charge in [-0.2, -0.15) is 0 Å². The van der Waals surface area contributed by atoms with Crippen LogP contribution in [0.4, 0.5) is 0 Å². The van der Waals surface area contributed by atoms with E-state index in [0.717, 1.165) is 51.4 Å². The van der Waals surface area contributed by atoms with Crippen LogP contribution in [0.5, 0.6) is 0 Å². The molecule has 0 aromatic carbocycles. The van der Waals surface area contributed by atoms with Crippen molar-refractivity contribution in [3.05, 3.63) is 36.5 Å². The van der Waals surface area contributed by atoms with Crippen molar-refractivity contribution in [1.29, 1.82) is 0 Å².